The van der Waals surface area contributed by atoms with Crippen molar-refractivity contribution in [2.24, 2.45) is 0 Å². The number of carbonyl (C=O) groups excluding carboxylic acids is 2. The average molecular weight is 459 g/mol. The summed E-state index contributed by atoms with van der Waals surface area (Å²) in [7, 11) is 3.17. The van der Waals surface area contributed by atoms with Gasteiger partial charge in [-0.3, -0.25) is 4.79 Å². The van der Waals surface area contributed by atoms with Crippen LogP contribution in [0.5, 0.6) is 11.5 Å². The highest BCUT2D eigenvalue weighted by Gasteiger charge is 2.21. The van der Waals surface area contributed by atoms with E-state index in [1.807, 2.05) is 45.0 Å². The van der Waals surface area contributed by atoms with E-state index in [0.717, 1.165) is 5.69 Å². The summed E-state index contributed by atoms with van der Waals surface area (Å²) in [6, 6.07) is 14.3. The van der Waals surface area contributed by atoms with Crippen molar-refractivity contribution in [1.29, 1.82) is 0 Å². The Morgan fingerprint density at radius 3 is 2.06 bits per heavy atom. The molecule has 0 atom stereocenters. The topological polar surface area (TPSA) is 86.3 Å². The van der Waals surface area contributed by atoms with Crippen LogP contribution in [0.15, 0.2) is 48.5 Å². The second-order valence-electron chi connectivity index (χ2n) is 8.34. The van der Waals surface area contributed by atoms with Gasteiger partial charge in [-0.15, -0.1) is 0 Å². The maximum atomic E-state index is 12.4. The maximum Gasteiger partial charge on any atom is 0.410 e. The summed E-state index contributed by atoms with van der Waals surface area (Å²) in [4.78, 5) is 26.3. The summed E-state index contributed by atoms with van der Waals surface area (Å²) >= 11 is 0. The number of carbonyl (C=O) groups is 2. The van der Waals surface area contributed by atoms with Crippen molar-refractivity contribution in [2.75, 3.05) is 52.4 Å². The number of amides is 1. The number of nitrogens with one attached hydrogen (secondary N) is 1. The molecule has 1 N–H and O–H groups in total. The zero-order chi connectivity index (χ0) is 24.3. The zero-order valence-electron chi connectivity index (χ0n) is 20.1. The Kier molecular flexibility index (Phi) is 10.00. The minimum atomic E-state index is -0.569. The van der Waals surface area contributed by atoms with Crippen molar-refractivity contribution in [2.45, 2.75) is 26.4 Å². The molecule has 2 aromatic rings. The molecule has 0 bridgehead atoms. The van der Waals surface area contributed by atoms with Crippen LogP contribution in [0.25, 0.3) is 0 Å². The number of ether oxygens (including phenoxy) is 4. The molecule has 8 nitrogen and oxygen atoms in total. The molecule has 0 saturated carbocycles. The van der Waals surface area contributed by atoms with Crippen molar-refractivity contribution >= 4 is 17.6 Å². The van der Waals surface area contributed by atoms with Crippen LogP contribution in [-0.2, 0) is 9.47 Å². The van der Waals surface area contributed by atoms with Gasteiger partial charge in [0.25, 0.3) is 0 Å². The zero-order valence-corrected chi connectivity index (χ0v) is 20.1. The molecule has 33 heavy (non-hydrogen) atoms. The number of rotatable bonds is 12. The molecule has 8 heteroatoms. The fraction of sp³-hybridized carbons (Fsp3) is 0.440. The van der Waals surface area contributed by atoms with Gasteiger partial charge in [0.2, 0.25) is 0 Å². The highest BCUT2D eigenvalue weighted by molar-refractivity contribution is 5.99. The third-order valence-corrected chi connectivity index (χ3v) is 4.57. The summed E-state index contributed by atoms with van der Waals surface area (Å²) in [6.07, 6.45) is -0.399. The molecule has 180 valence electrons. The number of methoxy groups -OCH3 is 2. The van der Waals surface area contributed by atoms with Gasteiger partial charge in [0.15, 0.2) is 5.78 Å². The Labute approximate surface area is 195 Å². The quantitative estimate of drug-likeness (QED) is 0.476. The minimum Gasteiger partial charge on any atom is -0.497 e. The average Bonchev–Trinajstić information content (AvgIpc) is 2.79. The highest BCUT2D eigenvalue weighted by Crippen LogP contribution is 2.17. The first-order valence-electron chi connectivity index (χ1n) is 10.8. The number of Topliss-reactive ketones (excluding diaryl/α,β-unsaturated/α-hetero) is 1. The fourth-order valence-electron chi connectivity index (χ4n) is 2.83. The number of ketones is 1. The predicted molar refractivity (Wildman–Crippen MR) is 127 cm³/mol. The minimum absolute atomic E-state index is 0.0173. The van der Waals surface area contributed by atoms with Gasteiger partial charge < -0.3 is 29.2 Å². The Bertz CT molecular complexity index is 875. The van der Waals surface area contributed by atoms with E-state index in [-0.39, 0.29) is 12.3 Å². The lowest BCUT2D eigenvalue weighted by Crippen LogP contribution is -2.40. The molecular formula is C25H34N2O6. The first-order chi connectivity index (χ1) is 15.7. The monoisotopic (exact) mass is 458 g/mol. The summed E-state index contributed by atoms with van der Waals surface area (Å²) in [6.45, 7) is 7.17. The third kappa shape index (κ3) is 9.41. The molecule has 0 spiro atoms. The number of nitrogens with zero attached hydrogens (tertiary/aromatic N) is 1. The van der Waals surface area contributed by atoms with E-state index < -0.39 is 11.7 Å². The first kappa shape index (κ1) is 26.0. The lowest BCUT2D eigenvalue weighted by Gasteiger charge is -2.27. The Hall–Kier alpha value is -3.26. The summed E-state index contributed by atoms with van der Waals surface area (Å²) < 4.78 is 21.4. The molecule has 0 aliphatic carbocycles. The van der Waals surface area contributed by atoms with E-state index in [1.54, 1.807) is 43.4 Å². The van der Waals surface area contributed by atoms with Crippen LogP contribution < -0.4 is 14.8 Å². The molecule has 0 aliphatic rings. The van der Waals surface area contributed by atoms with Crippen molar-refractivity contribution in [3.05, 3.63) is 54.1 Å². The lowest BCUT2D eigenvalue weighted by atomic mass is 10.1. The standard InChI is InChI=1S/C25H34N2O6/c1-25(2,3)33-24(29)27(14-16-30-4)15-17-32-22-12-8-20(9-13-22)26-18-23(28)19-6-10-21(31-5)11-7-19/h6-13,26H,14-18H2,1-5H3. The SMILES string of the molecule is COCCN(CCOc1ccc(NCC(=O)c2ccc(OC)cc2)cc1)C(=O)OC(C)(C)C. The van der Waals surface area contributed by atoms with Crippen molar-refractivity contribution in [1.82, 2.24) is 4.90 Å². The molecule has 0 saturated heterocycles. The molecule has 0 unspecified atom stereocenters. The van der Waals surface area contributed by atoms with Crippen molar-refractivity contribution in [3.8, 4) is 11.5 Å². The molecule has 1 amide bonds. The van der Waals surface area contributed by atoms with Crippen LogP contribution in [0.4, 0.5) is 10.5 Å². The van der Waals surface area contributed by atoms with E-state index in [1.165, 1.54) is 0 Å². The summed E-state index contributed by atoms with van der Waals surface area (Å²) in [5, 5.41) is 3.11. The van der Waals surface area contributed by atoms with E-state index in [9.17, 15) is 9.59 Å². The van der Waals surface area contributed by atoms with Crippen LogP contribution in [0.1, 0.15) is 31.1 Å². The number of hydrogen-bond donors (Lipinski definition) is 1. The van der Waals surface area contributed by atoms with Gasteiger partial charge in [-0.2, -0.15) is 0 Å². The van der Waals surface area contributed by atoms with Crippen molar-refractivity contribution < 1.29 is 28.5 Å². The van der Waals surface area contributed by atoms with Gasteiger partial charge in [0.1, 0.15) is 23.7 Å². The maximum absolute atomic E-state index is 12.4. The van der Waals surface area contributed by atoms with Crippen molar-refractivity contribution in [3.63, 3.8) is 0 Å². The fourth-order valence-corrected chi connectivity index (χ4v) is 2.83. The smallest absolute Gasteiger partial charge is 0.410 e. The molecule has 2 rings (SSSR count). The number of benzene rings is 2. The molecule has 0 fully saturated rings. The molecule has 2 aromatic carbocycles. The van der Waals surface area contributed by atoms with Gasteiger partial charge in [-0.1, -0.05) is 0 Å². The van der Waals surface area contributed by atoms with Gasteiger partial charge in [-0.25, -0.2) is 4.79 Å². The largest absolute Gasteiger partial charge is 0.497 e. The predicted octanol–water partition coefficient (Wildman–Crippen LogP) is 4.25. The Morgan fingerprint density at radius 2 is 1.48 bits per heavy atom. The second-order valence-corrected chi connectivity index (χ2v) is 8.34. The van der Waals surface area contributed by atoms with E-state index in [4.69, 9.17) is 18.9 Å². The van der Waals surface area contributed by atoms with E-state index in [2.05, 4.69) is 5.32 Å². The summed E-state index contributed by atoms with van der Waals surface area (Å²) in [5.74, 6) is 1.36. The summed E-state index contributed by atoms with van der Waals surface area (Å²) in [5.41, 5.74) is 0.854. The normalized spacial score (nSPS) is 10.9. The van der Waals surface area contributed by atoms with Gasteiger partial charge in [0, 0.05) is 24.9 Å². The second kappa shape index (κ2) is 12.7. The first-order valence-corrected chi connectivity index (χ1v) is 10.8. The van der Waals surface area contributed by atoms with Crippen LogP contribution in [0.2, 0.25) is 0 Å². The highest BCUT2D eigenvalue weighted by atomic mass is 16.6. The van der Waals surface area contributed by atoms with Crippen LogP contribution in [-0.4, -0.2) is 69.4 Å². The Morgan fingerprint density at radius 1 is 0.879 bits per heavy atom. The molecular weight excluding hydrogens is 424 g/mol. The van der Waals surface area contributed by atoms with Crippen LogP contribution >= 0.6 is 0 Å². The molecule has 0 aromatic heterocycles. The van der Waals surface area contributed by atoms with Gasteiger partial charge in [-0.05, 0) is 69.3 Å². The third-order valence-electron chi connectivity index (χ3n) is 4.57. The molecule has 0 radical (unpaired) electrons. The van der Waals surface area contributed by atoms with E-state index >= 15 is 0 Å². The molecule has 0 aliphatic heterocycles. The lowest BCUT2D eigenvalue weighted by molar-refractivity contribution is 0.0176. The van der Waals surface area contributed by atoms with Crippen LogP contribution in [0, 0.1) is 0 Å². The van der Waals surface area contributed by atoms with Gasteiger partial charge >= 0.3 is 6.09 Å². The van der Waals surface area contributed by atoms with Gasteiger partial charge in [0.05, 0.1) is 26.8 Å². The van der Waals surface area contributed by atoms with Crippen LogP contribution in [0.3, 0.4) is 0 Å². The van der Waals surface area contributed by atoms with E-state index in [0.29, 0.717) is 43.4 Å². The number of hydrogen-bond acceptors (Lipinski definition) is 7. The Balaban J connectivity index is 1.81. The number of anilines is 1. The molecule has 0 heterocycles.